The molecule has 5 nitrogen and oxygen atoms in total. The van der Waals surface area contributed by atoms with E-state index >= 15 is 0 Å². The van der Waals surface area contributed by atoms with Gasteiger partial charge in [0.15, 0.2) is 0 Å². The molecule has 2 amide bonds. The monoisotopic (exact) mass is 393 g/mol. The van der Waals surface area contributed by atoms with E-state index in [1.807, 2.05) is 53.5 Å². The van der Waals surface area contributed by atoms with E-state index in [0.29, 0.717) is 30.2 Å². The largest absolute Gasteiger partial charge is 0.351 e. The molecule has 0 unspecified atom stereocenters. The van der Waals surface area contributed by atoms with E-state index < -0.39 is 0 Å². The van der Waals surface area contributed by atoms with Crippen molar-refractivity contribution in [3.05, 3.63) is 57.2 Å². The fourth-order valence-corrected chi connectivity index (χ4v) is 3.12. The summed E-state index contributed by atoms with van der Waals surface area (Å²) in [5, 5.41) is 7.13. The lowest BCUT2D eigenvalue weighted by Crippen LogP contribution is -2.38. The number of halogens is 1. The Morgan fingerprint density at radius 1 is 1.12 bits per heavy atom. The van der Waals surface area contributed by atoms with E-state index in [4.69, 9.17) is 11.6 Å². The molecule has 1 N–H and O–H groups in total. The maximum Gasteiger partial charge on any atom is 0.252 e. The summed E-state index contributed by atoms with van der Waals surface area (Å²) in [6.07, 6.45) is 0.275. The minimum atomic E-state index is -0.142. The molecular weight excluding hydrogens is 370 g/mol. The molecule has 2 rings (SSSR count). The average molecular weight is 394 g/mol. The van der Waals surface area contributed by atoms with Gasteiger partial charge in [0.05, 0.1) is 0 Å². The van der Waals surface area contributed by atoms with Gasteiger partial charge >= 0.3 is 0 Å². The zero-order chi connectivity index (χ0) is 18.9. The summed E-state index contributed by atoms with van der Waals surface area (Å²) in [7, 11) is 3.96. The minimum Gasteiger partial charge on any atom is -0.351 e. The van der Waals surface area contributed by atoms with Gasteiger partial charge in [-0.1, -0.05) is 23.7 Å². The van der Waals surface area contributed by atoms with Crippen LogP contribution in [0.25, 0.3) is 0 Å². The summed E-state index contributed by atoms with van der Waals surface area (Å²) >= 11 is 7.40. The smallest absolute Gasteiger partial charge is 0.252 e. The second kappa shape index (κ2) is 10.3. The third-order valence-corrected chi connectivity index (χ3v) is 4.80. The van der Waals surface area contributed by atoms with Gasteiger partial charge in [0.1, 0.15) is 0 Å². The van der Waals surface area contributed by atoms with E-state index in [9.17, 15) is 9.59 Å². The molecule has 0 aliphatic rings. The van der Waals surface area contributed by atoms with Crippen LogP contribution in [0.15, 0.2) is 41.1 Å². The molecule has 0 fully saturated rings. The molecular formula is C19H24ClN3O2S. The normalized spacial score (nSPS) is 10.8. The maximum absolute atomic E-state index is 12.6. The molecule has 0 radical (unpaired) electrons. The quantitative estimate of drug-likeness (QED) is 0.712. The minimum absolute atomic E-state index is 0.0208. The van der Waals surface area contributed by atoms with Crippen LogP contribution >= 0.6 is 22.9 Å². The SMILES string of the molecule is CN(C)CCN(Cc1ccc(Cl)cc1)C(=O)CCNC(=O)c1ccsc1. The van der Waals surface area contributed by atoms with Crippen molar-refractivity contribution in [3.63, 3.8) is 0 Å². The molecule has 140 valence electrons. The highest BCUT2D eigenvalue weighted by Crippen LogP contribution is 2.12. The van der Waals surface area contributed by atoms with Crippen LogP contribution in [-0.4, -0.2) is 55.3 Å². The van der Waals surface area contributed by atoms with Crippen LogP contribution in [0.5, 0.6) is 0 Å². The van der Waals surface area contributed by atoms with E-state index in [-0.39, 0.29) is 18.2 Å². The van der Waals surface area contributed by atoms with Crippen LogP contribution in [0, 0.1) is 0 Å². The molecule has 2 aromatic rings. The van der Waals surface area contributed by atoms with Gasteiger partial charge in [0.25, 0.3) is 5.91 Å². The van der Waals surface area contributed by atoms with Crippen LogP contribution in [0.3, 0.4) is 0 Å². The van der Waals surface area contributed by atoms with Gasteiger partial charge in [-0.2, -0.15) is 11.3 Å². The number of nitrogens with zero attached hydrogens (tertiary/aromatic N) is 2. The number of thiophene rings is 1. The Morgan fingerprint density at radius 3 is 2.46 bits per heavy atom. The van der Waals surface area contributed by atoms with Crippen molar-refractivity contribution in [2.75, 3.05) is 33.7 Å². The maximum atomic E-state index is 12.6. The number of nitrogens with one attached hydrogen (secondary N) is 1. The standard InChI is InChI=1S/C19H24ClN3O2S/c1-22(2)10-11-23(13-15-3-5-17(20)6-4-15)18(24)7-9-21-19(25)16-8-12-26-14-16/h3-6,8,12,14H,7,9-11,13H2,1-2H3,(H,21,25). The Balaban J connectivity index is 1.89. The summed E-state index contributed by atoms with van der Waals surface area (Å²) in [6.45, 7) is 2.27. The van der Waals surface area contributed by atoms with Crippen molar-refractivity contribution in [1.82, 2.24) is 15.1 Å². The van der Waals surface area contributed by atoms with Crippen molar-refractivity contribution in [2.24, 2.45) is 0 Å². The summed E-state index contributed by atoms with van der Waals surface area (Å²) < 4.78 is 0. The summed E-state index contributed by atoms with van der Waals surface area (Å²) in [5.74, 6) is -0.121. The second-order valence-electron chi connectivity index (χ2n) is 6.26. The van der Waals surface area contributed by atoms with E-state index in [2.05, 4.69) is 5.32 Å². The molecule has 1 heterocycles. The Bertz CT molecular complexity index is 702. The van der Waals surface area contributed by atoms with Gasteiger partial charge in [0.2, 0.25) is 5.91 Å². The Morgan fingerprint density at radius 2 is 1.85 bits per heavy atom. The van der Waals surface area contributed by atoms with Crippen molar-refractivity contribution in [2.45, 2.75) is 13.0 Å². The zero-order valence-electron chi connectivity index (χ0n) is 15.1. The highest BCUT2D eigenvalue weighted by Gasteiger charge is 2.15. The zero-order valence-corrected chi connectivity index (χ0v) is 16.6. The predicted octanol–water partition coefficient (Wildman–Crippen LogP) is 3.11. The highest BCUT2D eigenvalue weighted by atomic mass is 35.5. The van der Waals surface area contributed by atoms with Crippen LogP contribution < -0.4 is 5.32 Å². The molecule has 0 bridgehead atoms. The topological polar surface area (TPSA) is 52.6 Å². The Kier molecular flexibility index (Phi) is 8.09. The summed E-state index contributed by atoms with van der Waals surface area (Å²) in [5.41, 5.74) is 1.66. The van der Waals surface area contributed by atoms with Crippen molar-refractivity contribution < 1.29 is 9.59 Å². The molecule has 26 heavy (non-hydrogen) atoms. The number of amides is 2. The van der Waals surface area contributed by atoms with Gasteiger partial charge in [-0.05, 0) is 43.2 Å². The summed E-state index contributed by atoms with van der Waals surface area (Å²) in [6, 6.07) is 9.28. The Hall–Kier alpha value is -1.89. The number of hydrogen-bond donors (Lipinski definition) is 1. The van der Waals surface area contributed by atoms with Gasteiger partial charge in [0, 0.05) is 48.6 Å². The first-order chi connectivity index (χ1) is 12.5. The lowest BCUT2D eigenvalue weighted by molar-refractivity contribution is -0.131. The van der Waals surface area contributed by atoms with Crippen LogP contribution in [0.4, 0.5) is 0 Å². The number of carbonyl (C=O) groups is 2. The first-order valence-corrected chi connectivity index (χ1v) is 9.75. The van der Waals surface area contributed by atoms with Gasteiger partial charge in [-0.25, -0.2) is 0 Å². The van der Waals surface area contributed by atoms with Crippen molar-refractivity contribution in [1.29, 1.82) is 0 Å². The molecule has 0 saturated carbocycles. The van der Waals surface area contributed by atoms with Gasteiger partial charge < -0.3 is 15.1 Å². The van der Waals surface area contributed by atoms with Gasteiger partial charge in [-0.15, -0.1) is 0 Å². The molecule has 0 aliphatic carbocycles. The number of likely N-dealkylation sites (N-methyl/N-ethyl adjacent to an activating group) is 1. The van der Waals surface area contributed by atoms with E-state index in [1.54, 1.807) is 11.4 Å². The fourth-order valence-electron chi connectivity index (χ4n) is 2.36. The first kappa shape index (κ1) is 20.4. The van der Waals surface area contributed by atoms with Gasteiger partial charge in [-0.3, -0.25) is 9.59 Å². The van der Waals surface area contributed by atoms with Crippen LogP contribution in [-0.2, 0) is 11.3 Å². The van der Waals surface area contributed by atoms with Crippen molar-refractivity contribution in [3.8, 4) is 0 Å². The summed E-state index contributed by atoms with van der Waals surface area (Å²) in [4.78, 5) is 28.4. The molecule has 0 saturated heterocycles. The number of carbonyl (C=O) groups excluding carboxylic acids is 2. The average Bonchev–Trinajstić information content (AvgIpc) is 3.14. The number of rotatable bonds is 9. The molecule has 0 spiro atoms. The highest BCUT2D eigenvalue weighted by molar-refractivity contribution is 7.08. The van der Waals surface area contributed by atoms with Crippen LogP contribution in [0.1, 0.15) is 22.3 Å². The molecule has 0 atom stereocenters. The van der Waals surface area contributed by atoms with E-state index in [0.717, 1.165) is 12.1 Å². The Labute approximate surface area is 163 Å². The predicted molar refractivity (Wildman–Crippen MR) is 107 cm³/mol. The fraction of sp³-hybridized carbons (Fsp3) is 0.368. The number of hydrogen-bond acceptors (Lipinski definition) is 4. The lowest BCUT2D eigenvalue weighted by Gasteiger charge is -2.25. The third kappa shape index (κ3) is 6.78. The van der Waals surface area contributed by atoms with Crippen LogP contribution in [0.2, 0.25) is 5.02 Å². The first-order valence-electron chi connectivity index (χ1n) is 8.43. The molecule has 1 aromatic carbocycles. The van der Waals surface area contributed by atoms with E-state index in [1.165, 1.54) is 11.3 Å². The lowest BCUT2D eigenvalue weighted by atomic mass is 10.2. The molecule has 1 aromatic heterocycles. The second-order valence-corrected chi connectivity index (χ2v) is 7.48. The number of benzene rings is 1. The molecule has 7 heteroatoms. The van der Waals surface area contributed by atoms with Crippen molar-refractivity contribution >= 4 is 34.8 Å². The molecule has 0 aliphatic heterocycles. The third-order valence-electron chi connectivity index (χ3n) is 3.86.